The van der Waals surface area contributed by atoms with Gasteiger partial charge in [0.05, 0.1) is 7.98 Å². The van der Waals surface area contributed by atoms with Crippen LogP contribution in [-0.4, -0.2) is 50.2 Å². The molecule has 0 aromatic heterocycles. The molecule has 4 N–H and O–H groups in total. The molecule has 0 aliphatic carbocycles. The molecule has 0 saturated carbocycles. The van der Waals surface area contributed by atoms with E-state index < -0.39 is 29.8 Å². The van der Waals surface area contributed by atoms with Gasteiger partial charge in [-0.15, -0.1) is 0 Å². The van der Waals surface area contributed by atoms with Gasteiger partial charge in [-0.25, -0.2) is 0 Å². The molecule has 0 saturated heterocycles. The van der Waals surface area contributed by atoms with Crippen LogP contribution in [0.4, 0.5) is 0 Å². The number of hydrogen-bond acceptors (Lipinski definition) is 5. The molecular weight excluding hydrogens is 168 g/mol. The Morgan fingerprint density at radius 3 is 2.45 bits per heavy atom. The maximum Gasteiger partial charge on any atom is 0.118 e. The van der Waals surface area contributed by atoms with Crippen molar-refractivity contribution in [1.29, 1.82) is 0 Å². The van der Waals surface area contributed by atoms with E-state index in [9.17, 15) is 5.11 Å². The lowest BCUT2D eigenvalue weighted by molar-refractivity contribution is -0.0915. The summed E-state index contributed by atoms with van der Waals surface area (Å²) in [6, 6.07) is 0. The zero-order valence-corrected chi connectivity index (χ0v) is 6.88. The van der Waals surface area contributed by atoms with E-state index in [0.29, 0.717) is 0 Å². The Bertz CT molecular complexity index is 173. The molecule has 0 unspecified atom stereocenters. The van der Waals surface area contributed by atoms with Crippen molar-refractivity contribution in [3.8, 4) is 0 Å². The lowest BCUT2D eigenvalue weighted by Crippen LogP contribution is -2.48. The average Bonchev–Trinajstić information content (AvgIpc) is 2.01. The van der Waals surface area contributed by atoms with Crippen LogP contribution in [-0.2, 0) is 0 Å². The molecule has 0 radical (unpaired) electrons. The van der Waals surface area contributed by atoms with Gasteiger partial charge < -0.3 is 20.4 Å². The molecule has 0 aliphatic heterocycles. The van der Waals surface area contributed by atoms with Crippen molar-refractivity contribution < 1.29 is 21.8 Å². The molecule has 0 rings (SSSR count). The fourth-order valence-corrected chi connectivity index (χ4v) is 0.656. The topological polar surface area (TPSA) is 80.9 Å². The van der Waals surface area contributed by atoms with Crippen molar-refractivity contribution in [2.24, 2.45) is 0 Å². The van der Waals surface area contributed by atoms with Gasteiger partial charge in [-0.2, -0.15) is 0 Å². The Hall–Kier alpha value is -0.0700. The van der Waals surface area contributed by atoms with Crippen molar-refractivity contribution in [1.82, 2.24) is 0 Å². The first-order chi connectivity index (χ1) is 5.34. The molecule has 0 aromatic carbocycles. The van der Waals surface area contributed by atoms with Crippen molar-refractivity contribution in [3.63, 3.8) is 0 Å². The maximum absolute atomic E-state index is 9.31. The second kappa shape index (κ2) is 4.08. The minimum Gasteiger partial charge on any atom is -0.394 e. The summed E-state index contributed by atoms with van der Waals surface area (Å²) < 4.78 is 6.91. The normalized spacial score (nSPS) is 23.2. The van der Waals surface area contributed by atoms with Crippen LogP contribution in [0.25, 0.3) is 0 Å². The van der Waals surface area contributed by atoms with E-state index in [4.69, 9.17) is 16.7 Å². The first-order valence-electron chi connectivity index (χ1n) is 3.54. The van der Waals surface area contributed by atoms with Crippen molar-refractivity contribution in [2.45, 2.75) is 24.7 Å². The summed E-state index contributed by atoms with van der Waals surface area (Å²) in [5, 5.41) is 35.2. The zero-order valence-electron chi connectivity index (χ0n) is 7.06. The highest BCUT2D eigenvalue weighted by Crippen LogP contribution is 2.10. The van der Waals surface area contributed by atoms with E-state index in [1.54, 1.807) is 0 Å². The molecule has 0 heterocycles. The third kappa shape index (κ3) is 2.80. The molecular formula is C6H12O4S. The fourth-order valence-electron chi connectivity index (χ4n) is 0.535. The molecule has 11 heavy (non-hydrogen) atoms. The van der Waals surface area contributed by atoms with E-state index in [-0.39, 0.29) is 0 Å². The molecule has 0 bridgehead atoms. The highest BCUT2D eigenvalue weighted by atomic mass is 32.1. The van der Waals surface area contributed by atoms with Crippen LogP contribution in [0.1, 0.15) is 8.29 Å². The fraction of sp³-hybridized carbons (Fsp3) is 0.833. The van der Waals surface area contributed by atoms with E-state index in [2.05, 4.69) is 12.2 Å². The van der Waals surface area contributed by atoms with E-state index >= 15 is 0 Å². The minimum atomic E-state index is -1.97. The maximum atomic E-state index is 9.31. The third-order valence-electron chi connectivity index (χ3n) is 1.33. The van der Waals surface area contributed by atoms with Crippen LogP contribution in [0.2, 0.25) is 0 Å². The monoisotopic (exact) mass is 181 g/mol. The summed E-state index contributed by atoms with van der Waals surface area (Å²) in [6.45, 7) is 0.409. The van der Waals surface area contributed by atoms with Crippen LogP contribution >= 0.6 is 12.2 Å². The van der Waals surface area contributed by atoms with Crippen LogP contribution < -0.4 is 0 Å². The van der Waals surface area contributed by atoms with E-state index in [1.807, 2.05) is 0 Å². The molecule has 3 atom stereocenters. The Morgan fingerprint density at radius 2 is 2.18 bits per heavy atom. The molecule has 4 nitrogen and oxygen atoms in total. The quantitative estimate of drug-likeness (QED) is 0.395. The Balaban J connectivity index is 4.44. The predicted molar refractivity (Wildman–Crippen MR) is 43.4 cm³/mol. The lowest BCUT2D eigenvalue weighted by atomic mass is 9.97. The van der Waals surface area contributed by atoms with Crippen LogP contribution in [0, 0.1) is 0 Å². The highest BCUT2D eigenvalue weighted by Gasteiger charge is 2.33. The van der Waals surface area contributed by atoms with Crippen LogP contribution in [0.3, 0.4) is 0 Å². The smallest absolute Gasteiger partial charge is 0.118 e. The first kappa shape index (κ1) is 9.02. The Labute approximate surface area is 71.5 Å². The molecule has 0 fully saturated rings. The molecule has 66 valence electrons. The summed E-state index contributed by atoms with van der Waals surface area (Å²) in [7, 11) is 0. The van der Waals surface area contributed by atoms with Gasteiger partial charge in [-0.05, 0) is 6.92 Å². The number of rotatable bonds is 4. The highest BCUT2D eigenvalue weighted by molar-refractivity contribution is 7.79. The summed E-state index contributed by atoms with van der Waals surface area (Å²) in [4.78, 5) is 0. The number of aliphatic hydroxyl groups excluding tert-OH is 3. The molecule has 0 spiro atoms. The SMILES string of the molecule is [2H]C(=S)[C@](C)(O)[C@H](O)[C@H](O)CO. The van der Waals surface area contributed by atoms with E-state index in [0.717, 1.165) is 6.92 Å². The van der Waals surface area contributed by atoms with Gasteiger partial charge in [-0.3, -0.25) is 0 Å². The van der Waals surface area contributed by atoms with Crippen LogP contribution in [0.5, 0.6) is 0 Å². The summed E-state index contributed by atoms with van der Waals surface area (Å²) >= 11 is 4.34. The van der Waals surface area contributed by atoms with Gasteiger partial charge in [0.25, 0.3) is 0 Å². The summed E-state index contributed by atoms with van der Waals surface area (Å²) in [5.74, 6) is 0. The molecule has 0 aliphatic rings. The third-order valence-corrected chi connectivity index (χ3v) is 1.75. The second-order valence-electron chi connectivity index (χ2n) is 2.44. The second-order valence-corrected chi connectivity index (χ2v) is 2.65. The average molecular weight is 181 g/mol. The number of hydrogen-bond donors (Lipinski definition) is 4. The van der Waals surface area contributed by atoms with Crippen molar-refractivity contribution in [3.05, 3.63) is 0 Å². The van der Waals surface area contributed by atoms with E-state index in [1.165, 1.54) is 0 Å². The van der Waals surface area contributed by atoms with Gasteiger partial charge in [0.1, 0.15) is 17.8 Å². The molecule has 0 amide bonds. The number of aliphatic hydroxyl groups is 4. The van der Waals surface area contributed by atoms with Crippen molar-refractivity contribution >= 4 is 17.6 Å². The largest absolute Gasteiger partial charge is 0.394 e. The van der Waals surface area contributed by atoms with Gasteiger partial charge in [0.15, 0.2) is 0 Å². The van der Waals surface area contributed by atoms with Gasteiger partial charge >= 0.3 is 0 Å². The minimum absolute atomic E-state index is 0.581. The molecule has 5 heteroatoms. The Morgan fingerprint density at radius 1 is 1.73 bits per heavy atom. The number of thiocarbonyl (C=S) groups is 1. The van der Waals surface area contributed by atoms with Crippen molar-refractivity contribution in [2.75, 3.05) is 6.61 Å². The first-order valence-corrected chi connectivity index (χ1v) is 3.45. The van der Waals surface area contributed by atoms with Gasteiger partial charge in [-0.1, -0.05) is 12.2 Å². The standard InChI is InChI=1S/C6H12O4S/c1-6(10,3-11)5(9)4(8)2-7/h3-5,7-10H,2H2,1H3/t4-,5-,6+/m1/s1/i3D. The van der Waals surface area contributed by atoms with Gasteiger partial charge in [0.2, 0.25) is 0 Å². The van der Waals surface area contributed by atoms with Crippen LogP contribution in [0.15, 0.2) is 0 Å². The lowest BCUT2D eigenvalue weighted by Gasteiger charge is -2.27. The summed E-state index contributed by atoms with van der Waals surface area (Å²) in [6.07, 6.45) is -3.14. The zero-order chi connectivity index (χ0) is 9.94. The van der Waals surface area contributed by atoms with Gasteiger partial charge in [0, 0.05) is 5.34 Å². The Kier molecular flexibility index (Phi) is 3.35. The summed E-state index contributed by atoms with van der Waals surface area (Å²) in [5.41, 5.74) is -1.97. The molecule has 0 aromatic rings. The predicted octanol–water partition coefficient (Wildman–Crippen LogP) is -1.55.